The van der Waals surface area contributed by atoms with E-state index in [1.54, 1.807) is 17.0 Å². The second-order valence-electron chi connectivity index (χ2n) is 8.26. The Morgan fingerprint density at radius 3 is 2.29 bits per heavy atom. The van der Waals surface area contributed by atoms with Gasteiger partial charge in [-0.2, -0.15) is 16.5 Å². The van der Waals surface area contributed by atoms with E-state index in [4.69, 9.17) is 5.11 Å². The highest BCUT2D eigenvalue weighted by atomic mass is 32.2. The standard InChI is InChI=1S/C22H32N4O7S2/c1-15-3-5-17(6-4-15)35(32,33)25-18(9-12-34-2)22(31)26-10-7-16(8-11-26)21(30)24-13-19(27)23-14-20(28)29/h3-6,16,18,25H,7-14H2,1-2H3,(H,23,27)(H,24,30)(H,28,29)/t18-/m0/s1. The fourth-order valence-electron chi connectivity index (χ4n) is 3.57. The molecule has 0 bridgehead atoms. The van der Waals surface area contributed by atoms with Crippen LogP contribution in [0.3, 0.4) is 0 Å². The van der Waals surface area contributed by atoms with Crippen molar-refractivity contribution in [2.24, 2.45) is 5.92 Å². The first-order valence-corrected chi connectivity index (χ1v) is 14.0. The van der Waals surface area contributed by atoms with E-state index in [0.29, 0.717) is 25.0 Å². The number of aliphatic carboxylic acids is 1. The maximum atomic E-state index is 13.2. The Morgan fingerprint density at radius 1 is 1.09 bits per heavy atom. The normalized spacial score (nSPS) is 15.3. The predicted molar refractivity (Wildman–Crippen MR) is 131 cm³/mol. The maximum absolute atomic E-state index is 13.2. The molecule has 1 aliphatic heterocycles. The monoisotopic (exact) mass is 528 g/mol. The third kappa shape index (κ3) is 9.15. The minimum absolute atomic E-state index is 0.0906. The van der Waals surface area contributed by atoms with Crippen LogP contribution in [0.1, 0.15) is 24.8 Å². The number of aryl methyl sites for hydroxylation is 1. The quantitative estimate of drug-likeness (QED) is 0.294. The van der Waals surface area contributed by atoms with E-state index >= 15 is 0 Å². The molecule has 0 aliphatic carbocycles. The molecule has 0 spiro atoms. The lowest BCUT2D eigenvalue weighted by Crippen LogP contribution is -2.52. The van der Waals surface area contributed by atoms with Crippen molar-refractivity contribution in [1.29, 1.82) is 0 Å². The number of rotatable bonds is 12. The van der Waals surface area contributed by atoms with Crippen LogP contribution in [0.2, 0.25) is 0 Å². The van der Waals surface area contributed by atoms with Crippen LogP contribution in [-0.4, -0.2) is 86.3 Å². The van der Waals surface area contributed by atoms with E-state index in [0.717, 1.165) is 5.56 Å². The summed E-state index contributed by atoms with van der Waals surface area (Å²) < 4.78 is 28.2. The first-order chi connectivity index (χ1) is 16.5. The Kier molecular flexibility index (Phi) is 11.0. The number of thioether (sulfide) groups is 1. The number of nitrogens with zero attached hydrogens (tertiary/aromatic N) is 1. The Bertz CT molecular complexity index is 1010. The number of nitrogens with one attached hydrogen (secondary N) is 3. The van der Waals surface area contributed by atoms with Gasteiger partial charge in [0.15, 0.2) is 0 Å². The topological polar surface area (TPSA) is 162 Å². The van der Waals surface area contributed by atoms with Crippen LogP contribution in [0.25, 0.3) is 0 Å². The smallest absolute Gasteiger partial charge is 0.322 e. The Balaban J connectivity index is 1.93. The number of piperidine rings is 1. The summed E-state index contributed by atoms with van der Waals surface area (Å²) >= 11 is 1.51. The van der Waals surface area contributed by atoms with E-state index in [1.165, 1.54) is 23.9 Å². The molecule has 1 aromatic rings. The van der Waals surface area contributed by atoms with E-state index in [1.807, 2.05) is 13.2 Å². The number of carboxylic acids is 1. The van der Waals surface area contributed by atoms with Crippen molar-refractivity contribution >= 4 is 45.5 Å². The van der Waals surface area contributed by atoms with Gasteiger partial charge in [-0.3, -0.25) is 19.2 Å². The molecule has 3 amide bonds. The van der Waals surface area contributed by atoms with Gasteiger partial charge in [-0.25, -0.2) is 8.42 Å². The summed E-state index contributed by atoms with van der Waals surface area (Å²) in [6, 6.07) is 5.47. The van der Waals surface area contributed by atoms with Crippen molar-refractivity contribution in [2.45, 2.75) is 37.1 Å². The van der Waals surface area contributed by atoms with Gasteiger partial charge < -0.3 is 20.6 Å². The second kappa shape index (κ2) is 13.4. The molecule has 13 heteroatoms. The molecule has 0 radical (unpaired) electrons. The number of hydrogen-bond donors (Lipinski definition) is 4. The zero-order valence-electron chi connectivity index (χ0n) is 19.8. The summed E-state index contributed by atoms with van der Waals surface area (Å²) in [5, 5.41) is 13.2. The molecule has 1 fully saturated rings. The number of amides is 3. The van der Waals surface area contributed by atoms with Crippen LogP contribution in [0, 0.1) is 12.8 Å². The Morgan fingerprint density at radius 2 is 1.71 bits per heavy atom. The minimum atomic E-state index is -3.89. The molecule has 11 nitrogen and oxygen atoms in total. The van der Waals surface area contributed by atoms with E-state index in [2.05, 4.69) is 15.4 Å². The van der Waals surface area contributed by atoms with Gasteiger partial charge in [-0.05, 0) is 50.3 Å². The summed E-state index contributed by atoms with van der Waals surface area (Å²) in [5.41, 5.74) is 0.923. The fraction of sp³-hybridized carbons (Fsp3) is 0.545. The lowest BCUT2D eigenvalue weighted by molar-refractivity contribution is -0.138. The number of carboxylic acid groups (broad SMARTS) is 1. The molecule has 194 valence electrons. The SMILES string of the molecule is CSCC[C@H](NS(=O)(=O)c1ccc(C)cc1)C(=O)N1CCC(C(=O)NCC(=O)NCC(=O)O)CC1. The third-order valence-electron chi connectivity index (χ3n) is 5.57. The minimum Gasteiger partial charge on any atom is -0.480 e. The van der Waals surface area contributed by atoms with Gasteiger partial charge in [0.2, 0.25) is 27.7 Å². The Hall–Kier alpha value is -2.64. The lowest BCUT2D eigenvalue weighted by Gasteiger charge is -2.34. The first-order valence-electron chi connectivity index (χ1n) is 11.2. The van der Waals surface area contributed by atoms with Crippen molar-refractivity contribution in [3.8, 4) is 0 Å². The van der Waals surface area contributed by atoms with Gasteiger partial charge in [-0.15, -0.1) is 0 Å². The summed E-state index contributed by atoms with van der Waals surface area (Å²) in [6.45, 7) is 1.56. The molecule has 1 heterocycles. The van der Waals surface area contributed by atoms with E-state index < -0.39 is 40.4 Å². The van der Waals surface area contributed by atoms with Crippen LogP contribution < -0.4 is 15.4 Å². The number of carbonyl (C=O) groups excluding carboxylic acids is 3. The highest BCUT2D eigenvalue weighted by Gasteiger charge is 2.33. The summed E-state index contributed by atoms with van der Waals surface area (Å²) in [7, 11) is -3.89. The van der Waals surface area contributed by atoms with Crippen LogP contribution >= 0.6 is 11.8 Å². The van der Waals surface area contributed by atoms with Crippen molar-refractivity contribution in [1.82, 2.24) is 20.3 Å². The zero-order chi connectivity index (χ0) is 26.0. The molecular weight excluding hydrogens is 496 g/mol. The summed E-state index contributed by atoms with van der Waals surface area (Å²) in [6.07, 6.45) is 2.95. The van der Waals surface area contributed by atoms with Crippen LogP contribution in [-0.2, 0) is 29.2 Å². The number of hydrogen-bond acceptors (Lipinski definition) is 7. The number of carbonyl (C=O) groups is 4. The molecule has 2 rings (SSSR count). The molecule has 1 saturated heterocycles. The first kappa shape index (κ1) is 28.6. The van der Waals surface area contributed by atoms with Crippen molar-refractivity contribution < 1.29 is 32.7 Å². The largest absolute Gasteiger partial charge is 0.480 e. The van der Waals surface area contributed by atoms with Gasteiger partial charge in [0, 0.05) is 19.0 Å². The Labute approximate surface area is 209 Å². The van der Waals surface area contributed by atoms with Gasteiger partial charge in [-0.1, -0.05) is 17.7 Å². The van der Waals surface area contributed by atoms with Crippen molar-refractivity contribution in [2.75, 3.05) is 38.2 Å². The lowest BCUT2D eigenvalue weighted by atomic mass is 9.95. The van der Waals surface area contributed by atoms with Gasteiger partial charge in [0.05, 0.1) is 11.4 Å². The van der Waals surface area contributed by atoms with Crippen LogP contribution in [0.4, 0.5) is 0 Å². The molecule has 35 heavy (non-hydrogen) atoms. The molecule has 4 N–H and O–H groups in total. The van der Waals surface area contributed by atoms with E-state index in [-0.39, 0.29) is 36.3 Å². The summed E-state index contributed by atoms with van der Waals surface area (Å²) in [4.78, 5) is 49.2. The number of likely N-dealkylation sites (tertiary alicyclic amines) is 1. The van der Waals surface area contributed by atoms with Gasteiger partial charge in [0.1, 0.15) is 12.6 Å². The second-order valence-corrected chi connectivity index (χ2v) is 11.0. The third-order valence-corrected chi connectivity index (χ3v) is 7.71. The molecule has 0 aromatic heterocycles. The van der Waals surface area contributed by atoms with Crippen molar-refractivity contribution in [3.63, 3.8) is 0 Å². The van der Waals surface area contributed by atoms with Crippen LogP contribution in [0.15, 0.2) is 29.2 Å². The molecule has 1 aromatic carbocycles. The van der Waals surface area contributed by atoms with Gasteiger partial charge >= 0.3 is 5.97 Å². The van der Waals surface area contributed by atoms with Gasteiger partial charge in [0.25, 0.3) is 0 Å². The summed E-state index contributed by atoms with van der Waals surface area (Å²) in [5.74, 6) is -2.27. The maximum Gasteiger partial charge on any atom is 0.322 e. The molecule has 0 saturated carbocycles. The highest BCUT2D eigenvalue weighted by molar-refractivity contribution is 7.98. The molecular formula is C22H32N4O7S2. The average Bonchev–Trinajstić information content (AvgIpc) is 2.83. The molecule has 1 atom stereocenters. The number of sulfonamides is 1. The van der Waals surface area contributed by atoms with Crippen molar-refractivity contribution in [3.05, 3.63) is 29.8 Å². The highest BCUT2D eigenvalue weighted by Crippen LogP contribution is 2.20. The van der Waals surface area contributed by atoms with E-state index in [9.17, 15) is 27.6 Å². The predicted octanol–water partition coefficient (Wildman–Crippen LogP) is -0.0494. The molecule has 1 aliphatic rings. The molecule has 0 unspecified atom stereocenters. The average molecular weight is 529 g/mol. The fourth-order valence-corrected chi connectivity index (χ4v) is 5.27. The van der Waals surface area contributed by atoms with Crippen LogP contribution in [0.5, 0.6) is 0 Å². The zero-order valence-corrected chi connectivity index (χ0v) is 21.4. The number of benzene rings is 1.